The van der Waals surface area contributed by atoms with E-state index < -0.39 is 5.92 Å². The molecule has 3 aromatic rings. The molecule has 10 heteroatoms. The zero-order valence-corrected chi connectivity index (χ0v) is 20.3. The Kier molecular flexibility index (Phi) is 6.37. The summed E-state index contributed by atoms with van der Waals surface area (Å²) in [6.07, 6.45) is 5.19. The highest BCUT2D eigenvalue weighted by molar-refractivity contribution is 8.00. The van der Waals surface area contributed by atoms with Gasteiger partial charge in [0.15, 0.2) is 10.1 Å². The van der Waals surface area contributed by atoms with Gasteiger partial charge in [-0.05, 0) is 42.2 Å². The Morgan fingerprint density at radius 1 is 1.24 bits per heavy atom. The number of hydrogen-bond donors (Lipinski definition) is 1. The Bertz CT molecular complexity index is 1340. The average molecular weight is 507 g/mol. The van der Waals surface area contributed by atoms with Gasteiger partial charge in [0.1, 0.15) is 5.82 Å². The highest BCUT2D eigenvalue weighted by atomic mass is 35.5. The molecule has 1 atom stereocenters. The highest BCUT2D eigenvalue weighted by Crippen LogP contribution is 2.47. The Labute approximate surface area is 210 Å². The number of ketones is 1. The molecule has 3 heterocycles. The van der Waals surface area contributed by atoms with Crippen LogP contribution in [0, 0.1) is 11.3 Å². The number of nitrogens with two attached hydrogens (primary N) is 1. The molecule has 0 saturated heterocycles. The molecule has 170 valence electrons. The Morgan fingerprint density at radius 2 is 2.06 bits per heavy atom. The second-order valence-electron chi connectivity index (χ2n) is 7.87. The molecule has 1 aromatic carbocycles. The summed E-state index contributed by atoms with van der Waals surface area (Å²) in [5.41, 5.74) is 10.2. The van der Waals surface area contributed by atoms with Crippen molar-refractivity contribution in [3.63, 3.8) is 0 Å². The van der Waals surface area contributed by atoms with Gasteiger partial charge in [0.05, 0.1) is 17.6 Å². The van der Waals surface area contributed by atoms with E-state index in [-0.39, 0.29) is 11.6 Å². The summed E-state index contributed by atoms with van der Waals surface area (Å²) in [5, 5.41) is 20.0. The summed E-state index contributed by atoms with van der Waals surface area (Å²) >= 11 is 8.92. The van der Waals surface area contributed by atoms with Crippen molar-refractivity contribution >= 4 is 45.6 Å². The molecular formula is C24H19ClN6OS2. The van der Waals surface area contributed by atoms with Gasteiger partial charge in [-0.1, -0.05) is 52.9 Å². The maximum atomic E-state index is 13.1. The van der Waals surface area contributed by atoms with E-state index in [0.717, 1.165) is 33.3 Å². The van der Waals surface area contributed by atoms with Crippen molar-refractivity contribution in [2.45, 2.75) is 35.3 Å². The molecule has 0 bridgehead atoms. The molecule has 2 aromatic heterocycles. The molecule has 0 radical (unpaired) electrons. The zero-order valence-electron chi connectivity index (χ0n) is 17.9. The third kappa shape index (κ3) is 4.20. The zero-order chi connectivity index (χ0) is 23.7. The number of halogens is 1. The SMILES string of the molecule is N#CC1=C(N)N(c2nnc(SCc3ccc(Cl)cc3)s2)C2=C(C(=O)CCC2)[C@H]1c1cccnc1. The molecule has 0 saturated carbocycles. The van der Waals surface area contributed by atoms with Crippen LogP contribution in [0.4, 0.5) is 5.13 Å². The Balaban J connectivity index is 1.51. The van der Waals surface area contributed by atoms with Crippen molar-refractivity contribution in [3.8, 4) is 6.07 Å². The van der Waals surface area contributed by atoms with Gasteiger partial charge >= 0.3 is 0 Å². The first-order valence-electron chi connectivity index (χ1n) is 10.6. The fourth-order valence-electron chi connectivity index (χ4n) is 4.26. The van der Waals surface area contributed by atoms with E-state index in [1.54, 1.807) is 35.1 Å². The number of rotatable bonds is 5. The molecular weight excluding hydrogens is 488 g/mol. The van der Waals surface area contributed by atoms with Gasteiger partial charge in [-0.25, -0.2) is 0 Å². The minimum Gasteiger partial charge on any atom is -0.384 e. The Morgan fingerprint density at radius 3 is 2.79 bits per heavy atom. The minimum atomic E-state index is -0.524. The molecule has 2 N–H and O–H groups in total. The number of nitriles is 1. The van der Waals surface area contributed by atoms with Gasteiger partial charge in [-0.3, -0.25) is 14.7 Å². The molecule has 0 fully saturated rings. The van der Waals surface area contributed by atoms with Crippen molar-refractivity contribution < 1.29 is 4.79 Å². The van der Waals surface area contributed by atoms with Crippen molar-refractivity contribution in [1.82, 2.24) is 15.2 Å². The maximum Gasteiger partial charge on any atom is 0.219 e. The second-order valence-corrected chi connectivity index (χ2v) is 10.5. The lowest BCUT2D eigenvalue weighted by Gasteiger charge is -2.37. The minimum absolute atomic E-state index is 0.0298. The number of carbonyl (C=O) groups excluding carboxylic acids is 1. The van der Waals surface area contributed by atoms with Crippen LogP contribution in [0.25, 0.3) is 0 Å². The summed E-state index contributed by atoms with van der Waals surface area (Å²) in [4.78, 5) is 19.1. The lowest BCUT2D eigenvalue weighted by atomic mass is 9.76. The predicted molar refractivity (Wildman–Crippen MR) is 133 cm³/mol. The van der Waals surface area contributed by atoms with Crippen molar-refractivity contribution in [2.24, 2.45) is 5.73 Å². The van der Waals surface area contributed by atoms with Crippen LogP contribution in [0.1, 0.15) is 36.3 Å². The van der Waals surface area contributed by atoms with Crippen LogP contribution >= 0.6 is 34.7 Å². The molecule has 0 unspecified atom stereocenters. The number of aromatic nitrogens is 3. The number of pyridine rings is 1. The normalized spacial score (nSPS) is 18.2. The van der Waals surface area contributed by atoms with Crippen molar-refractivity contribution in [3.05, 3.63) is 87.6 Å². The number of allylic oxidation sites excluding steroid dienone is 3. The quantitative estimate of drug-likeness (QED) is 0.471. The number of thioether (sulfide) groups is 1. The van der Waals surface area contributed by atoms with E-state index in [9.17, 15) is 10.1 Å². The molecule has 2 aliphatic rings. The summed E-state index contributed by atoms with van der Waals surface area (Å²) in [7, 11) is 0. The van der Waals surface area contributed by atoms with Gasteiger partial charge < -0.3 is 5.73 Å². The van der Waals surface area contributed by atoms with Crippen molar-refractivity contribution in [1.29, 1.82) is 5.26 Å². The summed E-state index contributed by atoms with van der Waals surface area (Å²) < 4.78 is 0.773. The monoisotopic (exact) mass is 506 g/mol. The van der Waals surface area contributed by atoms with Gasteiger partial charge in [0, 0.05) is 40.9 Å². The second kappa shape index (κ2) is 9.58. The lowest BCUT2D eigenvalue weighted by Crippen LogP contribution is -2.38. The molecule has 1 aliphatic carbocycles. The molecule has 1 aliphatic heterocycles. The number of Topliss-reactive ketones (excluding diaryl/α,β-unsaturated/α-hetero) is 1. The average Bonchev–Trinajstić information content (AvgIpc) is 3.32. The first-order chi connectivity index (χ1) is 16.6. The van der Waals surface area contributed by atoms with Crippen LogP contribution < -0.4 is 10.6 Å². The van der Waals surface area contributed by atoms with Crippen LogP contribution in [0.3, 0.4) is 0 Å². The fraction of sp³-hybridized carbons (Fsp3) is 0.208. The predicted octanol–water partition coefficient (Wildman–Crippen LogP) is 5.18. The van der Waals surface area contributed by atoms with E-state index in [1.807, 2.05) is 30.3 Å². The van der Waals surface area contributed by atoms with Gasteiger partial charge in [-0.2, -0.15) is 5.26 Å². The van der Waals surface area contributed by atoms with Crippen LogP contribution in [-0.4, -0.2) is 21.0 Å². The van der Waals surface area contributed by atoms with Crippen LogP contribution in [0.2, 0.25) is 5.02 Å². The van der Waals surface area contributed by atoms with Crippen LogP contribution in [-0.2, 0) is 10.5 Å². The number of carbonyl (C=O) groups is 1. The van der Waals surface area contributed by atoms with E-state index >= 15 is 0 Å². The number of nitrogens with zero attached hydrogens (tertiary/aromatic N) is 5. The number of anilines is 1. The van der Waals surface area contributed by atoms with Gasteiger partial charge in [0.2, 0.25) is 5.13 Å². The first kappa shape index (κ1) is 22.6. The smallest absolute Gasteiger partial charge is 0.219 e. The van der Waals surface area contributed by atoms with E-state index in [4.69, 9.17) is 17.3 Å². The third-order valence-electron chi connectivity index (χ3n) is 5.79. The largest absolute Gasteiger partial charge is 0.384 e. The number of benzene rings is 1. The number of hydrogen-bond acceptors (Lipinski definition) is 9. The molecule has 0 amide bonds. The summed E-state index contributed by atoms with van der Waals surface area (Å²) in [5.74, 6) is 0.512. The van der Waals surface area contributed by atoms with E-state index in [1.165, 1.54) is 11.3 Å². The lowest BCUT2D eigenvalue weighted by molar-refractivity contribution is -0.116. The van der Waals surface area contributed by atoms with Crippen molar-refractivity contribution in [2.75, 3.05) is 4.90 Å². The summed E-state index contributed by atoms with van der Waals surface area (Å²) in [6, 6.07) is 13.6. The standard InChI is InChI=1S/C24H19ClN6OS2/c25-16-8-6-14(7-9-16)13-33-24-30-29-23(34-24)31-18-4-1-5-19(32)21(18)20(17(11-26)22(31)27)15-3-2-10-28-12-15/h2-3,6-10,12,20H,1,4-5,13,27H2/t20-/m0/s1. The van der Waals surface area contributed by atoms with Crippen LogP contribution in [0.5, 0.6) is 0 Å². The third-order valence-corrected chi connectivity index (χ3v) is 8.16. The first-order valence-corrected chi connectivity index (χ1v) is 12.8. The maximum absolute atomic E-state index is 13.1. The van der Waals surface area contributed by atoms with E-state index in [2.05, 4.69) is 21.3 Å². The fourth-order valence-corrected chi connectivity index (χ4v) is 6.22. The topological polar surface area (TPSA) is 109 Å². The van der Waals surface area contributed by atoms with Gasteiger partial charge in [0.25, 0.3) is 0 Å². The van der Waals surface area contributed by atoms with Crippen LogP contribution in [0.15, 0.2) is 75.8 Å². The summed E-state index contributed by atoms with van der Waals surface area (Å²) in [6.45, 7) is 0. The molecule has 5 rings (SSSR count). The van der Waals surface area contributed by atoms with E-state index in [0.29, 0.717) is 34.1 Å². The highest BCUT2D eigenvalue weighted by Gasteiger charge is 2.41. The Hall–Kier alpha value is -3.19. The molecule has 34 heavy (non-hydrogen) atoms. The molecule has 7 nitrogen and oxygen atoms in total. The van der Waals surface area contributed by atoms with Gasteiger partial charge in [-0.15, -0.1) is 10.2 Å². The molecule has 0 spiro atoms.